The minimum Gasteiger partial charge on any atom is -0.486 e. The average molecular weight is 358 g/mol. The maximum Gasteiger partial charge on any atom is 0.242 e. The van der Waals surface area contributed by atoms with Gasteiger partial charge in [0.25, 0.3) is 0 Å². The van der Waals surface area contributed by atoms with E-state index in [0.717, 1.165) is 0 Å². The normalized spacial score (nSPS) is 24.1. The summed E-state index contributed by atoms with van der Waals surface area (Å²) >= 11 is 0. The number of nitrogens with one attached hydrogen (secondary N) is 1. The van der Waals surface area contributed by atoms with Gasteiger partial charge in [-0.2, -0.15) is 0 Å². The first-order chi connectivity index (χ1) is 12.3. The SMILES string of the molecule is CC(C)NC(=O)C(C)N1CCC2(CCC1=O)CC(=O)c1ccccc1O2. The lowest BCUT2D eigenvalue weighted by Crippen LogP contribution is -2.50. The van der Waals surface area contributed by atoms with E-state index in [0.29, 0.717) is 30.7 Å². The zero-order chi connectivity index (χ0) is 18.9. The second-order valence-electron chi connectivity index (χ2n) is 7.56. The van der Waals surface area contributed by atoms with E-state index in [1.54, 1.807) is 24.0 Å². The first-order valence-electron chi connectivity index (χ1n) is 9.22. The van der Waals surface area contributed by atoms with Crippen LogP contribution in [0.1, 0.15) is 56.8 Å². The van der Waals surface area contributed by atoms with E-state index in [9.17, 15) is 14.4 Å². The second-order valence-corrected chi connectivity index (χ2v) is 7.56. The van der Waals surface area contributed by atoms with E-state index in [-0.39, 0.29) is 36.5 Å². The molecule has 1 N–H and O–H groups in total. The quantitative estimate of drug-likeness (QED) is 0.900. The van der Waals surface area contributed by atoms with Crippen molar-refractivity contribution in [3.8, 4) is 5.75 Å². The van der Waals surface area contributed by atoms with Crippen molar-refractivity contribution in [1.82, 2.24) is 10.2 Å². The first kappa shape index (κ1) is 18.4. The fourth-order valence-corrected chi connectivity index (χ4v) is 3.73. The van der Waals surface area contributed by atoms with Gasteiger partial charge in [-0.3, -0.25) is 14.4 Å². The van der Waals surface area contributed by atoms with Gasteiger partial charge in [-0.25, -0.2) is 0 Å². The number of rotatable bonds is 3. The lowest BCUT2D eigenvalue weighted by molar-refractivity contribution is -0.139. The Hall–Kier alpha value is -2.37. The second kappa shape index (κ2) is 7.09. The van der Waals surface area contributed by atoms with Gasteiger partial charge in [-0.15, -0.1) is 0 Å². The third-order valence-electron chi connectivity index (χ3n) is 5.20. The van der Waals surface area contributed by atoms with Gasteiger partial charge in [-0.1, -0.05) is 12.1 Å². The molecule has 2 atom stereocenters. The molecule has 6 heteroatoms. The summed E-state index contributed by atoms with van der Waals surface area (Å²) in [5.74, 6) is 0.423. The lowest BCUT2D eigenvalue weighted by Gasteiger charge is -2.37. The van der Waals surface area contributed by atoms with Crippen LogP contribution in [0.5, 0.6) is 5.75 Å². The van der Waals surface area contributed by atoms with Gasteiger partial charge in [0.1, 0.15) is 17.4 Å². The van der Waals surface area contributed by atoms with Crippen molar-refractivity contribution in [3.05, 3.63) is 29.8 Å². The van der Waals surface area contributed by atoms with E-state index >= 15 is 0 Å². The number of hydrogen-bond donors (Lipinski definition) is 1. The van der Waals surface area contributed by atoms with Crippen molar-refractivity contribution in [2.75, 3.05) is 6.54 Å². The van der Waals surface area contributed by atoms with E-state index in [1.165, 1.54) is 0 Å². The highest BCUT2D eigenvalue weighted by atomic mass is 16.5. The Balaban J connectivity index is 1.76. The Morgan fingerprint density at radius 2 is 1.92 bits per heavy atom. The molecule has 2 amide bonds. The number of para-hydroxylation sites is 1. The van der Waals surface area contributed by atoms with Crippen LogP contribution in [0, 0.1) is 0 Å². The summed E-state index contributed by atoms with van der Waals surface area (Å²) in [6.07, 6.45) is 1.57. The molecule has 140 valence electrons. The Morgan fingerprint density at radius 3 is 2.65 bits per heavy atom. The van der Waals surface area contributed by atoms with E-state index in [4.69, 9.17) is 4.74 Å². The number of ether oxygens (including phenoxy) is 1. The zero-order valence-electron chi connectivity index (χ0n) is 15.6. The summed E-state index contributed by atoms with van der Waals surface area (Å²) in [4.78, 5) is 39.1. The molecule has 0 aromatic heterocycles. The Bertz CT molecular complexity index is 730. The summed E-state index contributed by atoms with van der Waals surface area (Å²) in [6, 6.07) is 6.73. The topological polar surface area (TPSA) is 75.7 Å². The molecule has 2 unspecified atom stereocenters. The third kappa shape index (κ3) is 3.59. The van der Waals surface area contributed by atoms with Gasteiger partial charge < -0.3 is 15.0 Å². The molecule has 0 aliphatic carbocycles. The summed E-state index contributed by atoms with van der Waals surface area (Å²) in [7, 11) is 0. The van der Waals surface area contributed by atoms with Crippen molar-refractivity contribution in [1.29, 1.82) is 0 Å². The molecule has 1 spiro atoms. The highest BCUT2D eigenvalue weighted by Crippen LogP contribution is 2.39. The fourth-order valence-electron chi connectivity index (χ4n) is 3.73. The predicted octanol–water partition coefficient (Wildman–Crippen LogP) is 2.32. The zero-order valence-corrected chi connectivity index (χ0v) is 15.6. The van der Waals surface area contributed by atoms with E-state index in [2.05, 4.69) is 5.32 Å². The van der Waals surface area contributed by atoms with Gasteiger partial charge in [0.05, 0.1) is 12.0 Å². The van der Waals surface area contributed by atoms with Crippen LogP contribution in [0.15, 0.2) is 24.3 Å². The number of hydrogen-bond acceptors (Lipinski definition) is 4. The Morgan fingerprint density at radius 1 is 1.19 bits per heavy atom. The van der Waals surface area contributed by atoms with Crippen molar-refractivity contribution in [3.63, 3.8) is 0 Å². The molecule has 3 rings (SSSR count). The summed E-state index contributed by atoms with van der Waals surface area (Å²) in [6.45, 7) is 5.93. The number of fused-ring (bicyclic) bond motifs is 1. The molecule has 0 bridgehead atoms. The van der Waals surface area contributed by atoms with Crippen molar-refractivity contribution < 1.29 is 19.1 Å². The van der Waals surface area contributed by atoms with Gasteiger partial charge >= 0.3 is 0 Å². The molecule has 1 aromatic carbocycles. The number of amides is 2. The molecule has 2 aliphatic rings. The van der Waals surface area contributed by atoms with Crippen LogP contribution in [0.3, 0.4) is 0 Å². The first-order valence-corrected chi connectivity index (χ1v) is 9.22. The minimum atomic E-state index is -0.663. The fraction of sp³-hybridized carbons (Fsp3) is 0.550. The number of Topliss-reactive ketones (excluding diaryl/α,β-unsaturated/α-hetero) is 1. The molecule has 0 saturated carbocycles. The smallest absolute Gasteiger partial charge is 0.242 e. The number of nitrogens with zero attached hydrogens (tertiary/aromatic N) is 1. The van der Waals surface area contributed by atoms with Crippen LogP contribution >= 0.6 is 0 Å². The van der Waals surface area contributed by atoms with Crippen LogP contribution in [0.2, 0.25) is 0 Å². The van der Waals surface area contributed by atoms with Gasteiger partial charge in [0, 0.05) is 25.4 Å². The monoisotopic (exact) mass is 358 g/mol. The molecule has 0 radical (unpaired) electrons. The third-order valence-corrected chi connectivity index (χ3v) is 5.20. The maximum absolute atomic E-state index is 12.6. The van der Waals surface area contributed by atoms with E-state index < -0.39 is 11.6 Å². The number of carbonyl (C=O) groups excluding carboxylic acids is 3. The van der Waals surface area contributed by atoms with Crippen molar-refractivity contribution in [2.24, 2.45) is 0 Å². The van der Waals surface area contributed by atoms with Gasteiger partial charge in [-0.05, 0) is 39.3 Å². The predicted molar refractivity (Wildman–Crippen MR) is 97.1 cm³/mol. The minimum absolute atomic E-state index is 0.0224. The summed E-state index contributed by atoms with van der Waals surface area (Å²) in [5.41, 5.74) is -0.0559. The average Bonchev–Trinajstić information content (AvgIpc) is 2.73. The molecule has 2 aliphatic heterocycles. The van der Waals surface area contributed by atoms with E-state index in [1.807, 2.05) is 26.0 Å². The molecule has 26 heavy (non-hydrogen) atoms. The molecular formula is C20H26N2O4. The molecule has 2 heterocycles. The Labute approximate surface area is 153 Å². The summed E-state index contributed by atoms with van der Waals surface area (Å²) < 4.78 is 6.21. The molecule has 1 fully saturated rings. The lowest BCUT2D eigenvalue weighted by atomic mass is 9.84. The molecule has 6 nitrogen and oxygen atoms in total. The number of likely N-dealkylation sites (tertiary alicyclic amines) is 1. The summed E-state index contributed by atoms with van der Waals surface area (Å²) in [5, 5.41) is 2.85. The van der Waals surface area contributed by atoms with Gasteiger partial charge in [0.2, 0.25) is 11.8 Å². The van der Waals surface area contributed by atoms with Crippen molar-refractivity contribution in [2.45, 2.75) is 64.1 Å². The van der Waals surface area contributed by atoms with Crippen LogP contribution in [-0.2, 0) is 9.59 Å². The van der Waals surface area contributed by atoms with Gasteiger partial charge in [0.15, 0.2) is 5.78 Å². The van der Waals surface area contributed by atoms with Crippen molar-refractivity contribution >= 4 is 17.6 Å². The standard InChI is InChI=1S/C20H26N2O4/c1-13(2)21-19(25)14(3)22-11-10-20(9-8-18(22)24)12-16(23)15-6-4-5-7-17(15)26-20/h4-7,13-14H,8-12H2,1-3H3,(H,21,25). The number of benzene rings is 1. The number of carbonyl (C=O) groups is 3. The molecule has 1 aromatic rings. The highest BCUT2D eigenvalue weighted by Gasteiger charge is 2.44. The van der Waals surface area contributed by atoms with Crippen LogP contribution in [0.25, 0.3) is 0 Å². The van der Waals surface area contributed by atoms with Crippen LogP contribution in [-0.4, -0.2) is 46.7 Å². The van der Waals surface area contributed by atoms with Crippen LogP contribution in [0.4, 0.5) is 0 Å². The van der Waals surface area contributed by atoms with Crippen LogP contribution < -0.4 is 10.1 Å². The maximum atomic E-state index is 12.6. The highest BCUT2D eigenvalue weighted by molar-refractivity contribution is 6.00. The molecular weight excluding hydrogens is 332 g/mol. The largest absolute Gasteiger partial charge is 0.486 e. The number of ketones is 1. The Kier molecular flexibility index (Phi) is 5.03. The molecule has 1 saturated heterocycles.